The first-order chi connectivity index (χ1) is 11.6. The van der Waals surface area contributed by atoms with Gasteiger partial charge in [-0.1, -0.05) is 0 Å². The molecule has 0 aliphatic heterocycles. The zero-order valence-corrected chi connectivity index (χ0v) is 14.7. The number of fused-ring (bicyclic) bond motifs is 1. The van der Waals surface area contributed by atoms with Crippen LogP contribution in [-0.2, 0) is 17.8 Å². The highest BCUT2D eigenvalue weighted by atomic mass is 32.1. The van der Waals surface area contributed by atoms with E-state index in [0.717, 1.165) is 22.0 Å². The summed E-state index contributed by atoms with van der Waals surface area (Å²) in [5.74, 6) is 1.44. The van der Waals surface area contributed by atoms with Gasteiger partial charge in [-0.25, -0.2) is 4.98 Å². The number of hydrogen-bond acceptors (Lipinski definition) is 5. The molecule has 3 rings (SSSR count). The first kappa shape index (κ1) is 16.3. The predicted octanol–water partition coefficient (Wildman–Crippen LogP) is 2.61. The van der Waals surface area contributed by atoms with Gasteiger partial charge in [-0.3, -0.25) is 9.20 Å². The van der Waals surface area contributed by atoms with Crippen LogP contribution in [0.2, 0.25) is 0 Å². The molecule has 2 heterocycles. The third kappa shape index (κ3) is 3.35. The summed E-state index contributed by atoms with van der Waals surface area (Å²) in [6, 6.07) is 5.59. The van der Waals surface area contributed by atoms with Gasteiger partial charge >= 0.3 is 0 Å². The van der Waals surface area contributed by atoms with Crippen LogP contribution < -0.4 is 9.47 Å². The number of carbonyl (C=O) groups excluding carboxylic acids is 1. The fraction of sp³-hybridized carbons (Fsp3) is 0.294. The number of thiazole rings is 1. The van der Waals surface area contributed by atoms with Gasteiger partial charge in [0.15, 0.2) is 4.96 Å². The van der Waals surface area contributed by atoms with Crippen molar-refractivity contribution in [2.24, 2.45) is 0 Å². The van der Waals surface area contributed by atoms with E-state index in [9.17, 15) is 4.79 Å². The fourth-order valence-electron chi connectivity index (χ4n) is 2.48. The van der Waals surface area contributed by atoms with Crippen molar-refractivity contribution in [3.05, 3.63) is 47.2 Å². The summed E-state index contributed by atoms with van der Waals surface area (Å²) in [4.78, 5) is 19.5. The minimum Gasteiger partial charge on any atom is -0.497 e. The SMILES string of the molecule is COc1ccc(CN(C)C(=O)Cc2cn3ccsc3n2)c(OC)c1. The number of methoxy groups -OCH3 is 2. The Hall–Kier alpha value is -2.54. The first-order valence-electron chi connectivity index (χ1n) is 7.46. The Bertz CT molecular complexity index is 827. The maximum absolute atomic E-state index is 12.5. The third-order valence-corrected chi connectivity index (χ3v) is 4.57. The fourth-order valence-corrected chi connectivity index (χ4v) is 3.20. The first-order valence-corrected chi connectivity index (χ1v) is 8.34. The lowest BCUT2D eigenvalue weighted by Crippen LogP contribution is -2.28. The monoisotopic (exact) mass is 345 g/mol. The van der Waals surface area contributed by atoms with Crippen molar-refractivity contribution in [2.45, 2.75) is 13.0 Å². The molecule has 6 nitrogen and oxygen atoms in total. The number of rotatable bonds is 6. The van der Waals surface area contributed by atoms with Crippen LogP contribution in [0.1, 0.15) is 11.3 Å². The molecule has 0 radical (unpaired) electrons. The second-order valence-electron chi connectivity index (χ2n) is 5.43. The molecule has 0 aliphatic rings. The molecule has 3 aromatic rings. The molecular weight excluding hydrogens is 326 g/mol. The van der Waals surface area contributed by atoms with E-state index < -0.39 is 0 Å². The zero-order chi connectivity index (χ0) is 17.1. The van der Waals surface area contributed by atoms with Gasteiger partial charge in [0.2, 0.25) is 5.91 Å². The average molecular weight is 345 g/mol. The van der Waals surface area contributed by atoms with Crippen LogP contribution in [-0.4, -0.2) is 41.5 Å². The van der Waals surface area contributed by atoms with Crippen molar-refractivity contribution in [1.82, 2.24) is 14.3 Å². The van der Waals surface area contributed by atoms with Crippen LogP contribution in [0.4, 0.5) is 0 Å². The Morgan fingerprint density at radius 1 is 1.33 bits per heavy atom. The van der Waals surface area contributed by atoms with Crippen LogP contribution >= 0.6 is 11.3 Å². The highest BCUT2D eigenvalue weighted by Gasteiger charge is 2.15. The molecule has 24 heavy (non-hydrogen) atoms. The van der Waals surface area contributed by atoms with E-state index in [4.69, 9.17) is 9.47 Å². The number of aromatic nitrogens is 2. The molecular formula is C17H19N3O3S. The largest absolute Gasteiger partial charge is 0.497 e. The maximum atomic E-state index is 12.5. The number of amides is 1. The summed E-state index contributed by atoms with van der Waals surface area (Å²) in [6.45, 7) is 0.466. The lowest BCUT2D eigenvalue weighted by Gasteiger charge is -2.19. The van der Waals surface area contributed by atoms with Crippen molar-refractivity contribution in [2.75, 3.05) is 21.3 Å². The van der Waals surface area contributed by atoms with E-state index >= 15 is 0 Å². The molecule has 0 saturated heterocycles. The molecule has 1 amide bonds. The van der Waals surface area contributed by atoms with Crippen molar-refractivity contribution in [1.29, 1.82) is 0 Å². The Morgan fingerprint density at radius 3 is 2.88 bits per heavy atom. The summed E-state index contributed by atoms with van der Waals surface area (Å²) in [5, 5.41) is 1.97. The summed E-state index contributed by atoms with van der Waals surface area (Å²) in [7, 11) is 5.00. The Labute approximate surface area is 144 Å². The van der Waals surface area contributed by atoms with Gasteiger partial charge in [0.05, 0.1) is 26.3 Å². The van der Waals surface area contributed by atoms with Gasteiger partial charge in [-0.15, -0.1) is 11.3 Å². The Morgan fingerprint density at radius 2 is 2.17 bits per heavy atom. The van der Waals surface area contributed by atoms with Crippen LogP contribution in [0.15, 0.2) is 36.0 Å². The molecule has 7 heteroatoms. The lowest BCUT2D eigenvalue weighted by molar-refractivity contribution is -0.129. The van der Waals surface area contributed by atoms with Crippen molar-refractivity contribution in [3.63, 3.8) is 0 Å². The van der Waals surface area contributed by atoms with Crippen molar-refractivity contribution < 1.29 is 14.3 Å². The van der Waals surface area contributed by atoms with Gasteiger partial charge in [0, 0.05) is 43.0 Å². The highest BCUT2D eigenvalue weighted by molar-refractivity contribution is 7.15. The van der Waals surface area contributed by atoms with Crippen molar-refractivity contribution >= 4 is 22.2 Å². The van der Waals surface area contributed by atoms with Gasteiger partial charge in [-0.05, 0) is 12.1 Å². The molecule has 0 saturated carbocycles. The summed E-state index contributed by atoms with van der Waals surface area (Å²) >= 11 is 1.55. The van der Waals surface area contributed by atoms with E-state index in [1.165, 1.54) is 0 Å². The second-order valence-corrected chi connectivity index (χ2v) is 6.30. The standard InChI is InChI=1S/C17H19N3O3S/c1-19(10-12-4-5-14(22-2)9-15(12)23-3)16(21)8-13-11-20-6-7-24-17(20)18-13/h4-7,9,11H,8,10H2,1-3H3. The molecule has 0 N–H and O–H groups in total. The van der Waals surface area contributed by atoms with Gasteiger partial charge < -0.3 is 14.4 Å². The number of benzene rings is 1. The molecule has 0 unspecified atom stereocenters. The summed E-state index contributed by atoms with van der Waals surface area (Å²) in [6.07, 6.45) is 4.11. The Balaban J connectivity index is 1.68. The van der Waals surface area contributed by atoms with E-state index in [2.05, 4.69) is 4.98 Å². The molecule has 0 spiro atoms. The molecule has 0 atom stereocenters. The normalized spacial score (nSPS) is 10.8. The molecule has 0 fully saturated rings. The number of likely N-dealkylation sites (N-methyl/N-ethyl adjacent to an activating group) is 1. The topological polar surface area (TPSA) is 56.1 Å². The molecule has 0 aliphatic carbocycles. The second kappa shape index (κ2) is 6.92. The third-order valence-electron chi connectivity index (χ3n) is 3.80. The summed E-state index contributed by atoms with van der Waals surface area (Å²) < 4.78 is 12.5. The average Bonchev–Trinajstić information content (AvgIpc) is 3.16. The van der Waals surface area contributed by atoms with Crippen LogP contribution in [0.3, 0.4) is 0 Å². The van der Waals surface area contributed by atoms with Gasteiger partial charge in [0.25, 0.3) is 0 Å². The van der Waals surface area contributed by atoms with Crippen LogP contribution in [0.5, 0.6) is 11.5 Å². The van der Waals surface area contributed by atoms with E-state index in [0.29, 0.717) is 12.3 Å². The number of ether oxygens (including phenoxy) is 2. The summed E-state index contributed by atoms with van der Waals surface area (Å²) in [5.41, 5.74) is 1.71. The molecule has 0 bridgehead atoms. The zero-order valence-electron chi connectivity index (χ0n) is 13.9. The molecule has 2 aromatic heterocycles. The van der Waals surface area contributed by atoms with Crippen molar-refractivity contribution in [3.8, 4) is 11.5 Å². The maximum Gasteiger partial charge on any atom is 0.228 e. The van der Waals surface area contributed by atoms with E-state index in [1.54, 1.807) is 37.5 Å². The molecule has 126 valence electrons. The lowest BCUT2D eigenvalue weighted by atomic mass is 10.1. The number of nitrogens with zero attached hydrogens (tertiary/aromatic N) is 3. The van der Waals surface area contributed by atoms with Crippen LogP contribution in [0.25, 0.3) is 4.96 Å². The molecule has 1 aromatic carbocycles. The highest BCUT2D eigenvalue weighted by Crippen LogP contribution is 2.25. The number of carbonyl (C=O) groups is 1. The minimum absolute atomic E-state index is 0.0126. The predicted molar refractivity (Wildman–Crippen MR) is 92.8 cm³/mol. The van der Waals surface area contributed by atoms with Gasteiger partial charge in [-0.2, -0.15) is 0 Å². The number of hydrogen-bond donors (Lipinski definition) is 0. The van der Waals surface area contributed by atoms with Gasteiger partial charge in [0.1, 0.15) is 11.5 Å². The minimum atomic E-state index is 0.0126. The number of imidazole rings is 1. The smallest absolute Gasteiger partial charge is 0.228 e. The Kier molecular flexibility index (Phi) is 4.71. The quantitative estimate of drug-likeness (QED) is 0.689. The van der Waals surface area contributed by atoms with E-state index in [-0.39, 0.29) is 12.3 Å². The van der Waals surface area contributed by atoms with E-state index in [1.807, 2.05) is 40.4 Å². The van der Waals surface area contributed by atoms with Crippen LogP contribution in [0, 0.1) is 0 Å².